The van der Waals surface area contributed by atoms with Crippen LogP contribution in [0.2, 0.25) is 0 Å². The fraction of sp³-hybridized carbons (Fsp3) is 0.214. The molecule has 0 atom stereocenters. The highest BCUT2D eigenvalue weighted by atomic mass is 15.0. The first-order valence-electron chi connectivity index (χ1n) is 5.55. The van der Waals surface area contributed by atoms with Gasteiger partial charge in [0.05, 0.1) is 18.2 Å². The van der Waals surface area contributed by atoms with Crippen molar-refractivity contribution in [3.63, 3.8) is 0 Å². The van der Waals surface area contributed by atoms with Crippen LogP contribution < -0.4 is 5.32 Å². The second kappa shape index (κ2) is 4.75. The molecule has 0 fully saturated rings. The Kier molecular flexibility index (Phi) is 3.15. The largest absolute Gasteiger partial charge is 0.379 e. The van der Waals surface area contributed by atoms with E-state index in [2.05, 4.69) is 22.0 Å². The van der Waals surface area contributed by atoms with Crippen molar-refractivity contribution in [1.82, 2.24) is 4.57 Å². The maximum absolute atomic E-state index is 8.87. The molecule has 1 heterocycles. The lowest BCUT2D eigenvalue weighted by atomic mass is 10.1. The van der Waals surface area contributed by atoms with Crippen molar-refractivity contribution in [3.8, 4) is 6.07 Å². The molecule has 0 bridgehead atoms. The molecule has 1 N–H and O–H groups in total. The first-order chi connectivity index (χ1) is 8.20. The van der Waals surface area contributed by atoms with Crippen molar-refractivity contribution in [2.75, 3.05) is 5.32 Å². The summed E-state index contributed by atoms with van der Waals surface area (Å²) >= 11 is 0. The second-order valence-electron chi connectivity index (χ2n) is 4.11. The van der Waals surface area contributed by atoms with E-state index in [9.17, 15) is 0 Å². The van der Waals surface area contributed by atoms with Crippen molar-refractivity contribution >= 4 is 5.69 Å². The van der Waals surface area contributed by atoms with Gasteiger partial charge in [0.25, 0.3) is 0 Å². The molecule has 2 rings (SSSR count). The van der Waals surface area contributed by atoms with Crippen LogP contribution in [-0.4, -0.2) is 4.57 Å². The maximum Gasteiger partial charge on any atom is 0.0992 e. The van der Waals surface area contributed by atoms with Crippen LogP contribution in [0.1, 0.15) is 16.8 Å². The number of hydrogen-bond donors (Lipinski definition) is 1. The average Bonchev–Trinajstić information content (AvgIpc) is 2.74. The van der Waals surface area contributed by atoms with E-state index in [4.69, 9.17) is 5.26 Å². The molecule has 0 unspecified atom stereocenters. The number of aromatic nitrogens is 1. The van der Waals surface area contributed by atoms with Gasteiger partial charge in [-0.1, -0.05) is 6.07 Å². The van der Waals surface area contributed by atoms with Gasteiger partial charge in [0.1, 0.15) is 0 Å². The Hall–Kier alpha value is -2.21. The summed E-state index contributed by atoms with van der Waals surface area (Å²) in [4.78, 5) is 0. The van der Waals surface area contributed by atoms with Gasteiger partial charge in [-0.25, -0.2) is 0 Å². The summed E-state index contributed by atoms with van der Waals surface area (Å²) in [5, 5.41) is 12.2. The van der Waals surface area contributed by atoms with Crippen LogP contribution in [0, 0.1) is 18.3 Å². The number of rotatable bonds is 3. The molecular formula is C14H15N3. The minimum absolute atomic E-state index is 0.685. The maximum atomic E-state index is 8.87. The van der Waals surface area contributed by atoms with Gasteiger partial charge in [-0.3, -0.25) is 0 Å². The Morgan fingerprint density at radius 2 is 2.18 bits per heavy atom. The third kappa shape index (κ3) is 2.48. The molecule has 0 aliphatic rings. The molecule has 86 valence electrons. The van der Waals surface area contributed by atoms with Gasteiger partial charge >= 0.3 is 0 Å². The topological polar surface area (TPSA) is 40.8 Å². The minimum atomic E-state index is 0.685. The molecule has 0 spiro atoms. The lowest BCUT2D eigenvalue weighted by Gasteiger charge is -2.10. The van der Waals surface area contributed by atoms with Gasteiger partial charge in [0.15, 0.2) is 0 Å². The van der Waals surface area contributed by atoms with Crippen molar-refractivity contribution in [2.45, 2.75) is 13.5 Å². The highest BCUT2D eigenvalue weighted by Gasteiger charge is 2.01. The third-order valence-electron chi connectivity index (χ3n) is 2.88. The lowest BCUT2D eigenvalue weighted by molar-refractivity contribution is 0.842. The van der Waals surface area contributed by atoms with E-state index in [-0.39, 0.29) is 0 Å². The van der Waals surface area contributed by atoms with E-state index in [0.29, 0.717) is 5.56 Å². The molecule has 17 heavy (non-hydrogen) atoms. The summed E-state index contributed by atoms with van der Waals surface area (Å²) in [6.07, 6.45) is 2.02. The number of nitriles is 1. The number of hydrogen-bond acceptors (Lipinski definition) is 2. The normalized spacial score (nSPS) is 9.94. The fourth-order valence-electron chi connectivity index (χ4n) is 1.75. The Morgan fingerprint density at radius 1 is 1.35 bits per heavy atom. The van der Waals surface area contributed by atoms with Gasteiger partial charge in [0.2, 0.25) is 0 Å². The standard InChI is InChI=1S/C14H15N3/c1-11-5-6-12(9-15)8-14(11)16-10-13-4-3-7-17(13)2/h3-8,16H,10H2,1-2H3. The lowest BCUT2D eigenvalue weighted by Crippen LogP contribution is -2.05. The number of nitrogens with one attached hydrogen (secondary N) is 1. The summed E-state index contributed by atoms with van der Waals surface area (Å²) in [6.45, 7) is 2.80. The summed E-state index contributed by atoms with van der Waals surface area (Å²) in [5.41, 5.74) is 4.07. The van der Waals surface area contributed by atoms with Gasteiger partial charge in [-0.15, -0.1) is 0 Å². The van der Waals surface area contributed by atoms with Crippen LogP contribution in [0.3, 0.4) is 0 Å². The number of anilines is 1. The highest BCUT2D eigenvalue weighted by Crippen LogP contribution is 2.17. The van der Waals surface area contributed by atoms with Gasteiger partial charge in [-0.05, 0) is 36.8 Å². The van der Waals surface area contributed by atoms with E-state index in [1.54, 1.807) is 0 Å². The molecule has 1 aromatic carbocycles. The molecule has 3 nitrogen and oxygen atoms in total. The molecular weight excluding hydrogens is 210 g/mol. The van der Waals surface area contributed by atoms with Crippen LogP contribution in [0.5, 0.6) is 0 Å². The van der Waals surface area contributed by atoms with Gasteiger partial charge in [0, 0.05) is 24.6 Å². The summed E-state index contributed by atoms with van der Waals surface area (Å²) in [6, 6.07) is 11.9. The predicted molar refractivity (Wildman–Crippen MR) is 68.6 cm³/mol. The smallest absolute Gasteiger partial charge is 0.0992 e. The number of nitrogens with zero attached hydrogens (tertiary/aromatic N) is 2. The van der Waals surface area contributed by atoms with Crippen LogP contribution in [0.25, 0.3) is 0 Å². The Morgan fingerprint density at radius 3 is 2.82 bits per heavy atom. The van der Waals surface area contributed by atoms with Crippen LogP contribution in [0.4, 0.5) is 5.69 Å². The molecule has 0 radical (unpaired) electrons. The fourth-order valence-corrected chi connectivity index (χ4v) is 1.75. The number of aryl methyl sites for hydroxylation is 2. The van der Waals surface area contributed by atoms with Gasteiger partial charge in [-0.2, -0.15) is 5.26 Å². The highest BCUT2D eigenvalue weighted by molar-refractivity contribution is 5.55. The van der Waals surface area contributed by atoms with Crippen molar-refractivity contribution in [2.24, 2.45) is 7.05 Å². The van der Waals surface area contributed by atoms with Gasteiger partial charge < -0.3 is 9.88 Å². The summed E-state index contributed by atoms with van der Waals surface area (Å²) in [5.74, 6) is 0. The van der Waals surface area contributed by atoms with E-state index >= 15 is 0 Å². The monoisotopic (exact) mass is 225 g/mol. The van der Waals surface area contributed by atoms with E-state index in [1.165, 1.54) is 5.69 Å². The minimum Gasteiger partial charge on any atom is -0.379 e. The average molecular weight is 225 g/mol. The molecule has 0 aliphatic heterocycles. The van der Waals surface area contributed by atoms with Crippen molar-refractivity contribution in [3.05, 3.63) is 53.3 Å². The molecule has 0 saturated heterocycles. The van der Waals surface area contributed by atoms with Crippen molar-refractivity contribution < 1.29 is 0 Å². The van der Waals surface area contributed by atoms with E-state index in [1.807, 2.05) is 44.4 Å². The van der Waals surface area contributed by atoms with Crippen LogP contribution >= 0.6 is 0 Å². The van der Waals surface area contributed by atoms with E-state index < -0.39 is 0 Å². The molecule has 0 amide bonds. The first kappa shape index (κ1) is 11.3. The third-order valence-corrected chi connectivity index (χ3v) is 2.88. The molecule has 3 heteroatoms. The molecule has 0 saturated carbocycles. The van der Waals surface area contributed by atoms with E-state index in [0.717, 1.165) is 17.8 Å². The zero-order valence-corrected chi connectivity index (χ0v) is 10.1. The predicted octanol–water partition coefficient (Wildman–Crippen LogP) is 2.82. The molecule has 0 aliphatic carbocycles. The quantitative estimate of drug-likeness (QED) is 0.872. The zero-order chi connectivity index (χ0) is 12.3. The molecule has 2 aromatic rings. The summed E-state index contributed by atoms with van der Waals surface area (Å²) in [7, 11) is 2.02. The van der Waals surface area contributed by atoms with Crippen LogP contribution in [0.15, 0.2) is 36.5 Å². The molecule has 1 aromatic heterocycles. The summed E-state index contributed by atoms with van der Waals surface area (Å²) < 4.78 is 2.08. The van der Waals surface area contributed by atoms with Crippen molar-refractivity contribution in [1.29, 1.82) is 5.26 Å². The Labute approximate surface area is 101 Å². The zero-order valence-electron chi connectivity index (χ0n) is 10.1. The first-order valence-corrected chi connectivity index (χ1v) is 5.55. The number of benzene rings is 1. The SMILES string of the molecule is Cc1ccc(C#N)cc1NCc1cccn1C. The Bertz CT molecular complexity index is 561. The Balaban J connectivity index is 2.14. The second-order valence-corrected chi connectivity index (χ2v) is 4.11. The van der Waals surface area contributed by atoms with Crippen LogP contribution in [-0.2, 0) is 13.6 Å².